The van der Waals surface area contributed by atoms with Gasteiger partial charge in [0, 0.05) is 29.5 Å². The number of aromatic nitrogens is 1. The third-order valence-corrected chi connectivity index (χ3v) is 3.88. The van der Waals surface area contributed by atoms with Crippen LogP contribution in [0.3, 0.4) is 0 Å². The first-order valence-corrected chi connectivity index (χ1v) is 8.01. The summed E-state index contributed by atoms with van der Waals surface area (Å²) in [6.45, 7) is 13.7. The number of anilines is 1. The van der Waals surface area contributed by atoms with Gasteiger partial charge in [-0.25, -0.2) is 9.37 Å². The Morgan fingerprint density at radius 3 is 3.00 bits per heavy atom. The molecule has 2 rings (SSSR count). The molecule has 0 spiro atoms. The monoisotopic (exact) mass is 338 g/mol. The number of dihydropyridines is 1. The average Bonchev–Trinajstić information content (AvgIpc) is 2.62. The van der Waals surface area contributed by atoms with Crippen molar-refractivity contribution in [3.05, 3.63) is 79.2 Å². The lowest BCUT2D eigenvalue weighted by molar-refractivity contribution is 0.346. The van der Waals surface area contributed by atoms with Crippen molar-refractivity contribution in [2.24, 2.45) is 11.0 Å². The Kier molecular flexibility index (Phi) is 6.46. The predicted molar refractivity (Wildman–Crippen MR) is 104 cm³/mol. The summed E-state index contributed by atoms with van der Waals surface area (Å²) in [5.74, 6) is 0.543. The second-order valence-corrected chi connectivity index (χ2v) is 5.72. The average molecular weight is 338 g/mol. The van der Waals surface area contributed by atoms with E-state index in [1.165, 1.54) is 0 Å². The van der Waals surface area contributed by atoms with Crippen LogP contribution < -0.4 is 10.7 Å². The molecule has 1 aromatic heterocycles. The van der Waals surface area contributed by atoms with Gasteiger partial charge in [-0.3, -0.25) is 5.43 Å². The number of hydrazone groups is 1. The molecule has 0 radical (unpaired) electrons. The highest BCUT2D eigenvalue weighted by atomic mass is 19.1. The molecule has 2 unspecified atom stereocenters. The van der Waals surface area contributed by atoms with E-state index in [1.54, 1.807) is 36.8 Å². The van der Waals surface area contributed by atoms with Crippen molar-refractivity contribution in [2.45, 2.75) is 19.6 Å². The van der Waals surface area contributed by atoms with Crippen LogP contribution in [0, 0.1) is 5.92 Å². The zero-order valence-electron chi connectivity index (χ0n) is 14.4. The van der Waals surface area contributed by atoms with Crippen LogP contribution >= 0.6 is 0 Å². The summed E-state index contributed by atoms with van der Waals surface area (Å²) < 4.78 is 13.9. The SMILES string of the molecule is C=CC(C/C=N\Nc1ncccc1C(=C)C)C(=C)C1=CC=CNC1F. The van der Waals surface area contributed by atoms with E-state index in [0.717, 1.165) is 11.1 Å². The third kappa shape index (κ3) is 4.76. The molecular formula is C20H23FN4. The minimum Gasteiger partial charge on any atom is -0.358 e. The molecule has 4 nitrogen and oxygen atoms in total. The Labute approximate surface area is 148 Å². The van der Waals surface area contributed by atoms with Crippen molar-refractivity contribution in [3.63, 3.8) is 0 Å². The maximum Gasteiger partial charge on any atom is 0.195 e. The molecule has 1 aromatic rings. The zero-order valence-corrected chi connectivity index (χ0v) is 14.4. The third-order valence-electron chi connectivity index (χ3n) is 3.88. The van der Waals surface area contributed by atoms with Crippen molar-refractivity contribution in [2.75, 3.05) is 5.43 Å². The molecule has 2 atom stereocenters. The fourth-order valence-corrected chi connectivity index (χ4v) is 2.44. The van der Waals surface area contributed by atoms with Crippen LogP contribution in [0.5, 0.6) is 0 Å². The number of halogens is 1. The van der Waals surface area contributed by atoms with Gasteiger partial charge in [-0.15, -0.1) is 6.58 Å². The highest BCUT2D eigenvalue weighted by Crippen LogP contribution is 2.26. The van der Waals surface area contributed by atoms with E-state index in [2.05, 4.69) is 40.6 Å². The van der Waals surface area contributed by atoms with Gasteiger partial charge in [-0.05, 0) is 48.9 Å². The van der Waals surface area contributed by atoms with Crippen LogP contribution in [0.1, 0.15) is 18.9 Å². The summed E-state index contributed by atoms with van der Waals surface area (Å²) in [5.41, 5.74) is 5.96. The van der Waals surface area contributed by atoms with E-state index in [1.807, 2.05) is 19.1 Å². The fraction of sp³-hybridized carbons (Fsp3) is 0.200. The smallest absolute Gasteiger partial charge is 0.195 e. The lowest BCUT2D eigenvalue weighted by Crippen LogP contribution is -2.26. The molecule has 0 saturated heterocycles. The number of pyridine rings is 1. The maximum absolute atomic E-state index is 13.9. The number of nitrogens with zero attached hydrogens (tertiary/aromatic N) is 2. The highest BCUT2D eigenvalue weighted by molar-refractivity contribution is 5.71. The maximum atomic E-state index is 13.9. The van der Waals surface area contributed by atoms with Crippen LogP contribution in [0.25, 0.3) is 5.57 Å². The van der Waals surface area contributed by atoms with Gasteiger partial charge in [-0.2, -0.15) is 5.10 Å². The molecule has 130 valence electrons. The van der Waals surface area contributed by atoms with Crippen molar-refractivity contribution < 1.29 is 4.39 Å². The number of hydrogen-bond donors (Lipinski definition) is 2. The molecule has 0 aromatic carbocycles. The van der Waals surface area contributed by atoms with E-state index < -0.39 is 6.30 Å². The molecule has 0 saturated carbocycles. The van der Waals surface area contributed by atoms with Gasteiger partial charge in [0.05, 0.1) is 0 Å². The predicted octanol–water partition coefficient (Wildman–Crippen LogP) is 4.60. The standard InChI is InChI=1S/C20H23FN4/c1-5-16(15(4)18-9-7-11-22-19(18)21)10-13-24-25-20-17(14(2)3)8-6-12-23-20/h5-9,11-13,16,19,22H,1-2,4,10H2,3H3,(H,23,25)/b24-13-. The van der Waals surface area contributed by atoms with Crippen molar-refractivity contribution >= 4 is 17.6 Å². The minimum atomic E-state index is -1.25. The van der Waals surface area contributed by atoms with Crippen molar-refractivity contribution in [1.82, 2.24) is 10.3 Å². The second kappa shape index (κ2) is 8.78. The van der Waals surface area contributed by atoms with Crippen LogP contribution in [0.2, 0.25) is 0 Å². The molecule has 1 aliphatic rings. The summed E-state index contributed by atoms with van der Waals surface area (Å²) in [6, 6.07) is 3.78. The summed E-state index contributed by atoms with van der Waals surface area (Å²) >= 11 is 0. The first-order valence-electron chi connectivity index (χ1n) is 8.01. The Morgan fingerprint density at radius 2 is 2.32 bits per heavy atom. The molecular weight excluding hydrogens is 315 g/mol. The number of hydrogen-bond acceptors (Lipinski definition) is 4. The molecule has 1 aliphatic heterocycles. The Morgan fingerprint density at radius 1 is 1.52 bits per heavy atom. The van der Waals surface area contributed by atoms with E-state index >= 15 is 0 Å². The summed E-state index contributed by atoms with van der Waals surface area (Å²) in [6.07, 6.45) is 9.52. The molecule has 0 aliphatic carbocycles. The number of rotatable bonds is 8. The molecule has 2 heterocycles. The Hall–Kier alpha value is -2.95. The van der Waals surface area contributed by atoms with E-state index in [9.17, 15) is 4.39 Å². The molecule has 5 heteroatoms. The molecule has 2 N–H and O–H groups in total. The van der Waals surface area contributed by atoms with Crippen LogP contribution in [0.4, 0.5) is 10.2 Å². The van der Waals surface area contributed by atoms with Crippen molar-refractivity contribution in [1.29, 1.82) is 0 Å². The topological polar surface area (TPSA) is 49.3 Å². The van der Waals surface area contributed by atoms with E-state index in [0.29, 0.717) is 23.4 Å². The molecule has 25 heavy (non-hydrogen) atoms. The van der Waals surface area contributed by atoms with Crippen molar-refractivity contribution in [3.8, 4) is 0 Å². The largest absolute Gasteiger partial charge is 0.358 e. The van der Waals surface area contributed by atoms with E-state index in [-0.39, 0.29) is 5.92 Å². The van der Waals surface area contributed by atoms with Gasteiger partial charge in [0.25, 0.3) is 0 Å². The quantitative estimate of drug-likeness (QED) is 0.315. The molecule has 0 amide bonds. The fourth-order valence-electron chi connectivity index (χ4n) is 2.44. The van der Waals surface area contributed by atoms with Gasteiger partial charge in [0.1, 0.15) is 0 Å². The summed E-state index contributed by atoms with van der Waals surface area (Å²) in [7, 11) is 0. The first kappa shape index (κ1) is 18.4. The van der Waals surface area contributed by atoms with Gasteiger partial charge in [0.2, 0.25) is 0 Å². The second-order valence-electron chi connectivity index (χ2n) is 5.72. The summed E-state index contributed by atoms with van der Waals surface area (Å²) in [4.78, 5) is 4.26. The van der Waals surface area contributed by atoms with E-state index in [4.69, 9.17) is 0 Å². The highest BCUT2D eigenvalue weighted by Gasteiger charge is 2.20. The van der Waals surface area contributed by atoms with Crippen LogP contribution in [0.15, 0.2) is 78.7 Å². The van der Waals surface area contributed by atoms with Crippen LogP contribution in [-0.4, -0.2) is 17.5 Å². The lowest BCUT2D eigenvalue weighted by Gasteiger charge is -2.22. The summed E-state index contributed by atoms with van der Waals surface area (Å²) in [5, 5.41) is 6.83. The van der Waals surface area contributed by atoms with Crippen LogP contribution in [-0.2, 0) is 0 Å². The minimum absolute atomic E-state index is 0.104. The van der Waals surface area contributed by atoms with Gasteiger partial charge < -0.3 is 5.32 Å². The number of alkyl halides is 1. The number of nitrogens with one attached hydrogen (secondary N) is 2. The van der Waals surface area contributed by atoms with Gasteiger partial charge >= 0.3 is 0 Å². The number of allylic oxidation sites excluding steroid dienone is 4. The molecule has 0 fully saturated rings. The normalized spacial score (nSPS) is 17.5. The van der Waals surface area contributed by atoms with Gasteiger partial charge in [0.15, 0.2) is 12.1 Å². The Balaban J connectivity index is 1.99. The first-order chi connectivity index (χ1) is 12.0. The van der Waals surface area contributed by atoms with Gasteiger partial charge in [-0.1, -0.05) is 25.3 Å². The lowest BCUT2D eigenvalue weighted by atomic mass is 9.90. The Bertz CT molecular complexity index is 746. The molecule has 0 bridgehead atoms. The zero-order chi connectivity index (χ0) is 18.2.